The normalized spacial score (nSPS) is 10.7. The van der Waals surface area contributed by atoms with Crippen LogP contribution in [-0.2, 0) is 24.3 Å². The zero-order valence-corrected chi connectivity index (χ0v) is 11.5. The molecule has 0 fully saturated rings. The van der Waals surface area contributed by atoms with Gasteiger partial charge in [0.25, 0.3) is 0 Å². The molecule has 0 aromatic heterocycles. The average molecular weight is 273 g/mol. The molecule has 2 nitrogen and oxygen atoms in total. The van der Waals surface area contributed by atoms with E-state index in [0.717, 1.165) is 18.4 Å². The molecule has 0 saturated heterocycles. The highest BCUT2D eigenvalue weighted by molar-refractivity contribution is 5.24. The third-order valence-corrected chi connectivity index (χ3v) is 3.20. The smallest absolute Gasteiger partial charge is 0.128 e. The maximum atomic E-state index is 13.6. The zero-order valence-electron chi connectivity index (χ0n) is 11.5. The van der Waals surface area contributed by atoms with Gasteiger partial charge in [-0.05, 0) is 36.1 Å². The van der Waals surface area contributed by atoms with Crippen LogP contribution in [0.1, 0.15) is 23.1 Å². The summed E-state index contributed by atoms with van der Waals surface area (Å²) in [6, 6.07) is 15.2. The van der Waals surface area contributed by atoms with Gasteiger partial charge in [0.15, 0.2) is 0 Å². The van der Waals surface area contributed by atoms with Crippen LogP contribution >= 0.6 is 0 Å². The van der Waals surface area contributed by atoms with Crippen molar-refractivity contribution < 1.29 is 9.13 Å². The lowest BCUT2D eigenvalue weighted by Crippen LogP contribution is -2.02. The minimum atomic E-state index is -0.231. The Labute approximate surface area is 119 Å². The number of rotatable bonds is 7. The SMILES string of the molecule is NCc1ccc(F)c(COCCCc2ccccc2)c1. The average Bonchev–Trinajstić information content (AvgIpc) is 2.50. The van der Waals surface area contributed by atoms with Crippen LogP contribution in [0.4, 0.5) is 4.39 Å². The molecule has 0 bridgehead atoms. The Balaban J connectivity index is 1.73. The second-order valence-electron chi connectivity index (χ2n) is 4.77. The van der Waals surface area contributed by atoms with E-state index in [1.165, 1.54) is 11.6 Å². The van der Waals surface area contributed by atoms with Gasteiger partial charge >= 0.3 is 0 Å². The van der Waals surface area contributed by atoms with Crippen LogP contribution in [0.3, 0.4) is 0 Å². The quantitative estimate of drug-likeness (QED) is 0.784. The molecule has 20 heavy (non-hydrogen) atoms. The van der Waals surface area contributed by atoms with E-state index < -0.39 is 0 Å². The van der Waals surface area contributed by atoms with Crippen molar-refractivity contribution >= 4 is 0 Å². The molecule has 0 saturated carbocycles. The van der Waals surface area contributed by atoms with Gasteiger partial charge in [-0.15, -0.1) is 0 Å². The Morgan fingerprint density at radius 2 is 1.80 bits per heavy atom. The van der Waals surface area contributed by atoms with Gasteiger partial charge in [-0.3, -0.25) is 0 Å². The minimum Gasteiger partial charge on any atom is -0.377 e. The molecule has 0 heterocycles. The molecule has 0 radical (unpaired) electrons. The van der Waals surface area contributed by atoms with E-state index in [1.807, 2.05) is 18.2 Å². The lowest BCUT2D eigenvalue weighted by molar-refractivity contribution is 0.116. The number of hydrogen-bond acceptors (Lipinski definition) is 2. The first-order valence-electron chi connectivity index (χ1n) is 6.88. The number of hydrogen-bond donors (Lipinski definition) is 1. The number of aryl methyl sites for hydroxylation is 1. The van der Waals surface area contributed by atoms with Crippen molar-refractivity contribution in [3.05, 3.63) is 71.0 Å². The predicted molar refractivity (Wildman–Crippen MR) is 78.7 cm³/mol. The summed E-state index contributed by atoms with van der Waals surface area (Å²) < 4.78 is 19.1. The molecule has 0 unspecified atom stereocenters. The van der Waals surface area contributed by atoms with Gasteiger partial charge in [-0.1, -0.05) is 36.4 Å². The molecule has 0 spiro atoms. The summed E-state index contributed by atoms with van der Waals surface area (Å²) in [6.45, 7) is 1.34. The summed E-state index contributed by atoms with van der Waals surface area (Å²) in [4.78, 5) is 0. The fourth-order valence-electron chi connectivity index (χ4n) is 2.07. The van der Waals surface area contributed by atoms with E-state index in [4.69, 9.17) is 10.5 Å². The Morgan fingerprint density at radius 1 is 1.00 bits per heavy atom. The molecule has 0 aliphatic carbocycles. The lowest BCUT2D eigenvalue weighted by atomic mass is 10.1. The first-order valence-corrected chi connectivity index (χ1v) is 6.88. The fourth-order valence-corrected chi connectivity index (χ4v) is 2.07. The van der Waals surface area contributed by atoms with Crippen LogP contribution in [0, 0.1) is 5.82 Å². The van der Waals surface area contributed by atoms with Crippen molar-refractivity contribution in [3.8, 4) is 0 Å². The molecule has 3 heteroatoms. The van der Waals surface area contributed by atoms with Crippen molar-refractivity contribution in [2.24, 2.45) is 5.73 Å². The van der Waals surface area contributed by atoms with Crippen LogP contribution in [0.25, 0.3) is 0 Å². The molecular formula is C17H20FNO. The molecule has 2 rings (SSSR count). The van der Waals surface area contributed by atoms with Gasteiger partial charge in [-0.25, -0.2) is 4.39 Å². The number of ether oxygens (including phenoxy) is 1. The molecular weight excluding hydrogens is 253 g/mol. The van der Waals surface area contributed by atoms with Gasteiger partial charge in [0, 0.05) is 18.7 Å². The summed E-state index contributed by atoms with van der Waals surface area (Å²) in [7, 11) is 0. The van der Waals surface area contributed by atoms with E-state index in [2.05, 4.69) is 12.1 Å². The van der Waals surface area contributed by atoms with Gasteiger partial charge in [0.2, 0.25) is 0 Å². The second-order valence-corrected chi connectivity index (χ2v) is 4.77. The predicted octanol–water partition coefficient (Wildman–Crippen LogP) is 3.43. The fraction of sp³-hybridized carbons (Fsp3) is 0.294. The van der Waals surface area contributed by atoms with Gasteiger partial charge in [0.1, 0.15) is 5.82 Å². The first kappa shape index (κ1) is 14.7. The Kier molecular flexibility index (Phi) is 5.71. The molecule has 0 aliphatic rings. The summed E-state index contributed by atoms with van der Waals surface area (Å²) in [5.41, 5.74) is 8.35. The van der Waals surface area contributed by atoms with E-state index in [1.54, 1.807) is 12.1 Å². The number of benzene rings is 2. The van der Waals surface area contributed by atoms with Crippen molar-refractivity contribution in [2.45, 2.75) is 26.0 Å². The summed E-state index contributed by atoms with van der Waals surface area (Å²) in [5.74, 6) is -0.231. The van der Waals surface area contributed by atoms with Crippen LogP contribution in [0.15, 0.2) is 48.5 Å². The Bertz CT molecular complexity index is 528. The van der Waals surface area contributed by atoms with Gasteiger partial charge < -0.3 is 10.5 Å². The molecule has 2 aromatic rings. The highest BCUT2D eigenvalue weighted by atomic mass is 19.1. The molecule has 2 aromatic carbocycles. The third kappa shape index (κ3) is 4.44. The highest BCUT2D eigenvalue weighted by Gasteiger charge is 2.03. The largest absolute Gasteiger partial charge is 0.377 e. The van der Waals surface area contributed by atoms with Gasteiger partial charge in [-0.2, -0.15) is 0 Å². The van der Waals surface area contributed by atoms with E-state index >= 15 is 0 Å². The van der Waals surface area contributed by atoms with E-state index in [0.29, 0.717) is 25.3 Å². The lowest BCUT2D eigenvalue weighted by Gasteiger charge is -2.07. The monoisotopic (exact) mass is 273 g/mol. The molecule has 0 atom stereocenters. The molecule has 106 valence electrons. The van der Waals surface area contributed by atoms with Crippen molar-refractivity contribution in [1.82, 2.24) is 0 Å². The van der Waals surface area contributed by atoms with Crippen molar-refractivity contribution in [3.63, 3.8) is 0 Å². The van der Waals surface area contributed by atoms with E-state index in [-0.39, 0.29) is 5.82 Å². The van der Waals surface area contributed by atoms with Crippen LogP contribution < -0.4 is 5.73 Å². The maximum Gasteiger partial charge on any atom is 0.128 e. The Morgan fingerprint density at radius 3 is 2.55 bits per heavy atom. The molecule has 0 amide bonds. The summed E-state index contributed by atoms with van der Waals surface area (Å²) in [6.07, 6.45) is 1.91. The van der Waals surface area contributed by atoms with Gasteiger partial charge in [0.05, 0.1) is 6.61 Å². The van der Waals surface area contributed by atoms with Crippen LogP contribution in [0.2, 0.25) is 0 Å². The van der Waals surface area contributed by atoms with Crippen molar-refractivity contribution in [1.29, 1.82) is 0 Å². The number of nitrogens with two attached hydrogens (primary N) is 1. The van der Waals surface area contributed by atoms with E-state index in [9.17, 15) is 4.39 Å². The topological polar surface area (TPSA) is 35.2 Å². The maximum absolute atomic E-state index is 13.6. The second kappa shape index (κ2) is 7.78. The zero-order chi connectivity index (χ0) is 14.2. The minimum absolute atomic E-state index is 0.231. The standard InChI is InChI=1S/C17H20FNO/c18-17-9-8-15(12-19)11-16(17)13-20-10-4-7-14-5-2-1-3-6-14/h1-3,5-6,8-9,11H,4,7,10,12-13,19H2. The van der Waals surface area contributed by atoms with Crippen molar-refractivity contribution in [2.75, 3.05) is 6.61 Å². The number of halogens is 1. The molecule has 0 aliphatic heterocycles. The third-order valence-electron chi connectivity index (χ3n) is 3.20. The summed E-state index contributed by atoms with van der Waals surface area (Å²) >= 11 is 0. The van der Waals surface area contributed by atoms with Crippen LogP contribution in [-0.4, -0.2) is 6.61 Å². The summed E-state index contributed by atoms with van der Waals surface area (Å²) in [5, 5.41) is 0. The van der Waals surface area contributed by atoms with Crippen LogP contribution in [0.5, 0.6) is 0 Å². The molecule has 2 N–H and O–H groups in total. The highest BCUT2D eigenvalue weighted by Crippen LogP contribution is 2.12. The first-order chi connectivity index (χ1) is 9.79. The Hall–Kier alpha value is -1.71.